The summed E-state index contributed by atoms with van der Waals surface area (Å²) in [6, 6.07) is 9.95. The first kappa shape index (κ1) is 14.6. The van der Waals surface area contributed by atoms with E-state index in [0.29, 0.717) is 6.54 Å². The van der Waals surface area contributed by atoms with Crippen molar-refractivity contribution in [1.29, 1.82) is 0 Å². The van der Waals surface area contributed by atoms with Gasteiger partial charge < -0.3 is 15.7 Å². The van der Waals surface area contributed by atoms with Gasteiger partial charge in [0.2, 0.25) is 0 Å². The van der Waals surface area contributed by atoms with Crippen LogP contribution in [0.15, 0.2) is 35.7 Å². The van der Waals surface area contributed by atoms with Crippen LogP contribution in [0.25, 0.3) is 11.1 Å². The average Bonchev–Trinajstić information content (AvgIpc) is 2.88. The monoisotopic (exact) mass is 290 g/mol. The zero-order valence-electron chi connectivity index (χ0n) is 11.5. The maximum atomic E-state index is 11.0. The van der Waals surface area contributed by atoms with Crippen molar-refractivity contribution in [2.45, 2.75) is 19.5 Å². The fraction of sp³-hybridized carbons (Fsp3) is 0.267. The Labute approximate surface area is 122 Å². The van der Waals surface area contributed by atoms with Gasteiger partial charge in [-0.05, 0) is 35.1 Å². The van der Waals surface area contributed by atoms with Crippen LogP contribution in [0.3, 0.4) is 0 Å². The first-order valence-electron chi connectivity index (χ1n) is 6.35. The number of hydrogen-bond donors (Lipinski definition) is 2. The maximum absolute atomic E-state index is 11.0. The Kier molecular flexibility index (Phi) is 4.42. The van der Waals surface area contributed by atoms with E-state index in [4.69, 9.17) is 10.8 Å². The smallest absolute Gasteiger partial charge is 0.407 e. The minimum atomic E-state index is -0.929. The zero-order chi connectivity index (χ0) is 14.7. The molecule has 0 aliphatic heterocycles. The molecule has 0 bridgehead atoms. The third-order valence-electron chi connectivity index (χ3n) is 3.13. The van der Waals surface area contributed by atoms with Crippen LogP contribution in [0.1, 0.15) is 23.4 Å². The summed E-state index contributed by atoms with van der Waals surface area (Å²) in [5.41, 5.74) is 9.03. The second-order valence-electron chi connectivity index (χ2n) is 4.82. The lowest BCUT2D eigenvalue weighted by Gasteiger charge is -2.15. The van der Waals surface area contributed by atoms with Crippen molar-refractivity contribution in [3.05, 3.63) is 46.2 Å². The molecule has 0 aliphatic carbocycles. The largest absolute Gasteiger partial charge is 0.465 e. The molecule has 0 aliphatic rings. The third-order valence-corrected chi connectivity index (χ3v) is 4.26. The lowest BCUT2D eigenvalue weighted by atomic mass is 10.0. The molecule has 2 rings (SSSR count). The van der Waals surface area contributed by atoms with Crippen LogP contribution in [-0.4, -0.2) is 23.1 Å². The highest BCUT2D eigenvalue weighted by molar-refractivity contribution is 7.10. The molecule has 4 nitrogen and oxygen atoms in total. The van der Waals surface area contributed by atoms with Gasteiger partial charge in [0.15, 0.2) is 0 Å². The minimum Gasteiger partial charge on any atom is -0.465 e. The van der Waals surface area contributed by atoms with E-state index in [9.17, 15) is 4.79 Å². The number of amides is 1. The van der Waals surface area contributed by atoms with Gasteiger partial charge in [0.25, 0.3) is 0 Å². The number of hydrogen-bond acceptors (Lipinski definition) is 3. The average molecular weight is 290 g/mol. The molecule has 0 unspecified atom stereocenters. The van der Waals surface area contributed by atoms with Crippen LogP contribution < -0.4 is 5.73 Å². The minimum absolute atomic E-state index is 0.0163. The molecular weight excluding hydrogens is 272 g/mol. The van der Waals surface area contributed by atoms with E-state index in [-0.39, 0.29) is 6.04 Å². The lowest BCUT2D eigenvalue weighted by molar-refractivity contribution is 0.154. The molecule has 0 saturated heterocycles. The number of benzene rings is 1. The Hall–Kier alpha value is -1.85. The fourth-order valence-corrected chi connectivity index (χ4v) is 2.86. The summed E-state index contributed by atoms with van der Waals surface area (Å²) < 4.78 is 0. The van der Waals surface area contributed by atoms with Crippen molar-refractivity contribution < 1.29 is 9.90 Å². The predicted octanol–water partition coefficient (Wildman–Crippen LogP) is 3.54. The lowest BCUT2D eigenvalue weighted by Crippen LogP contribution is -2.24. The Morgan fingerprint density at radius 2 is 2.15 bits per heavy atom. The second kappa shape index (κ2) is 6.07. The number of nitrogens with two attached hydrogens (primary N) is 1. The van der Waals surface area contributed by atoms with E-state index in [1.165, 1.54) is 4.90 Å². The van der Waals surface area contributed by atoms with Crippen LogP contribution in [0.4, 0.5) is 4.79 Å². The van der Waals surface area contributed by atoms with Gasteiger partial charge >= 0.3 is 6.09 Å². The van der Waals surface area contributed by atoms with Gasteiger partial charge in [0, 0.05) is 24.5 Å². The SMILES string of the molecule is C[C@H](N)c1cc(-c2ccccc2CN(C)C(=O)O)cs1. The number of carbonyl (C=O) groups is 1. The van der Waals surface area contributed by atoms with E-state index >= 15 is 0 Å². The summed E-state index contributed by atoms with van der Waals surface area (Å²) in [6.45, 7) is 2.33. The molecule has 1 aromatic heterocycles. The summed E-state index contributed by atoms with van der Waals surface area (Å²) in [5.74, 6) is 0. The Bertz CT molecular complexity index is 607. The summed E-state index contributed by atoms with van der Waals surface area (Å²) in [5, 5.41) is 11.1. The number of nitrogens with zero attached hydrogens (tertiary/aromatic N) is 1. The van der Waals surface area contributed by atoms with Crippen LogP contribution in [0.5, 0.6) is 0 Å². The molecule has 1 aromatic carbocycles. The number of rotatable bonds is 4. The highest BCUT2D eigenvalue weighted by Crippen LogP contribution is 2.31. The molecule has 3 N–H and O–H groups in total. The van der Waals surface area contributed by atoms with Crippen molar-refractivity contribution in [2.75, 3.05) is 7.05 Å². The van der Waals surface area contributed by atoms with Gasteiger partial charge in [-0.15, -0.1) is 11.3 Å². The van der Waals surface area contributed by atoms with E-state index in [1.807, 2.05) is 31.2 Å². The van der Waals surface area contributed by atoms with Gasteiger partial charge in [-0.2, -0.15) is 0 Å². The molecule has 2 aromatic rings. The summed E-state index contributed by atoms with van der Waals surface area (Å²) >= 11 is 1.63. The van der Waals surface area contributed by atoms with Crippen LogP contribution in [0.2, 0.25) is 0 Å². The van der Waals surface area contributed by atoms with Crippen LogP contribution in [0, 0.1) is 0 Å². The Morgan fingerprint density at radius 3 is 2.75 bits per heavy atom. The topological polar surface area (TPSA) is 66.6 Å². The van der Waals surface area contributed by atoms with Crippen molar-refractivity contribution >= 4 is 17.4 Å². The first-order valence-corrected chi connectivity index (χ1v) is 7.23. The molecular formula is C15H18N2O2S. The first-order chi connectivity index (χ1) is 9.49. The molecule has 106 valence electrons. The molecule has 0 spiro atoms. The number of carboxylic acid groups (broad SMARTS) is 1. The zero-order valence-corrected chi connectivity index (χ0v) is 12.4. The molecule has 0 fully saturated rings. The quantitative estimate of drug-likeness (QED) is 0.905. The summed E-state index contributed by atoms with van der Waals surface area (Å²) in [6.07, 6.45) is -0.929. The molecule has 1 amide bonds. The van der Waals surface area contributed by atoms with Crippen molar-refractivity contribution in [3.8, 4) is 11.1 Å². The Morgan fingerprint density at radius 1 is 1.45 bits per heavy atom. The maximum Gasteiger partial charge on any atom is 0.407 e. The van der Waals surface area contributed by atoms with Gasteiger partial charge in [0.1, 0.15) is 0 Å². The summed E-state index contributed by atoms with van der Waals surface area (Å²) in [7, 11) is 1.57. The van der Waals surface area contributed by atoms with E-state index in [2.05, 4.69) is 11.4 Å². The van der Waals surface area contributed by atoms with Gasteiger partial charge in [-0.25, -0.2) is 4.79 Å². The highest BCUT2D eigenvalue weighted by Gasteiger charge is 2.12. The summed E-state index contributed by atoms with van der Waals surface area (Å²) in [4.78, 5) is 13.4. The van der Waals surface area contributed by atoms with E-state index in [0.717, 1.165) is 21.6 Å². The van der Waals surface area contributed by atoms with Gasteiger partial charge in [-0.1, -0.05) is 24.3 Å². The second-order valence-corrected chi connectivity index (χ2v) is 5.77. The molecule has 1 atom stereocenters. The van der Waals surface area contributed by atoms with Crippen molar-refractivity contribution in [2.24, 2.45) is 5.73 Å². The van der Waals surface area contributed by atoms with Crippen LogP contribution in [-0.2, 0) is 6.54 Å². The molecule has 5 heteroatoms. The number of thiophene rings is 1. The van der Waals surface area contributed by atoms with Crippen molar-refractivity contribution in [1.82, 2.24) is 4.90 Å². The third kappa shape index (κ3) is 3.18. The Balaban J connectivity index is 2.33. The normalized spacial score (nSPS) is 12.2. The highest BCUT2D eigenvalue weighted by atomic mass is 32.1. The molecule has 20 heavy (non-hydrogen) atoms. The van der Waals surface area contributed by atoms with Gasteiger partial charge in [-0.3, -0.25) is 0 Å². The van der Waals surface area contributed by atoms with E-state index < -0.39 is 6.09 Å². The van der Waals surface area contributed by atoms with E-state index in [1.54, 1.807) is 18.4 Å². The predicted molar refractivity (Wildman–Crippen MR) is 81.8 cm³/mol. The van der Waals surface area contributed by atoms with Crippen LogP contribution >= 0.6 is 11.3 Å². The molecule has 0 radical (unpaired) electrons. The van der Waals surface area contributed by atoms with Crippen molar-refractivity contribution in [3.63, 3.8) is 0 Å². The fourth-order valence-electron chi connectivity index (χ4n) is 2.00. The molecule has 1 heterocycles. The standard InChI is InChI=1S/C15H18N2O2S/c1-10(16)14-7-12(9-20-14)13-6-4-3-5-11(13)8-17(2)15(18)19/h3-7,9-10H,8,16H2,1-2H3,(H,18,19)/t10-/m0/s1. The molecule has 0 saturated carbocycles. The van der Waals surface area contributed by atoms with Gasteiger partial charge in [0.05, 0.1) is 0 Å².